The summed E-state index contributed by atoms with van der Waals surface area (Å²) in [5.74, 6) is -0.234. The van der Waals surface area contributed by atoms with Gasteiger partial charge in [-0.15, -0.1) is 0 Å². The fraction of sp³-hybridized carbons (Fsp3) is 0.846. The number of carboxylic acids is 1. The lowest BCUT2D eigenvalue weighted by molar-refractivity contribution is -0.136. The van der Waals surface area contributed by atoms with Gasteiger partial charge < -0.3 is 15.3 Å². The second-order valence-electron chi connectivity index (χ2n) is 5.18. The Morgan fingerprint density at radius 3 is 2.84 bits per heavy atom. The SMILES string of the molecule is CCN(C)C(=O)CN1CCCC(CNCC(=O)O)C1. The van der Waals surface area contributed by atoms with Crippen LogP contribution in [0.3, 0.4) is 0 Å². The first kappa shape index (κ1) is 15.9. The Morgan fingerprint density at radius 1 is 1.47 bits per heavy atom. The van der Waals surface area contributed by atoms with Gasteiger partial charge in [-0.05, 0) is 38.8 Å². The third-order valence-electron chi connectivity index (χ3n) is 3.57. The van der Waals surface area contributed by atoms with Crippen LogP contribution in [0.25, 0.3) is 0 Å². The molecule has 1 aliphatic rings. The highest BCUT2D eigenvalue weighted by Gasteiger charge is 2.22. The van der Waals surface area contributed by atoms with Crippen LogP contribution < -0.4 is 5.32 Å². The molecule has 1 atom stereocenters. The number of piperidine rings is 1. The minimum absolute atomic E-state index is 0.00794. The van der Waals surface area contributed by atoms with E-state index in [1.54, 1.807) is 4.90 Å². The number of amides is 1. The topological polar surface area (TPSA) is 72.9 Å². The molecule has 1 amide bonds. The van der Waals surface area contributed by atoms with Crippen LogP contribution in [0.5, 0.6) is 0 Å². The van der Waals surface area contributed by atoms with Crippen LogP contribution in [0.1, 0.15) is 19.8 Å². The van der Waals surface area contributed by atoms with Gasteiger partial charge in [0.2, 0.25) is 5.91 Å². The predicted molar refractivity (Wildman–Crippen MR) is 73.0 cm³/mol. The average molecular weight is 271 g/mol. The lowest BCUT2D eigenvalue weighted by atomic mass is 9.98. The van der Waals surface area contributed by atoms with Crippen molar-refractivity contribution in [1.29, 1.82) is 0 Å². The minimum Gasteiger partial charge on any atom is -0.480 e. The Hall–Kier alpha value is -1.14. The predicted octanol–water partition coefficient (Wildman–Crippen LogP) is -0.149. The zero-order valence-corrected chi connectivity index (χ0v) is 11.9. The molecule has 110 valence electrons. The van der Waals surface area contributed by atoms with Gasteiger partial charge >= 0.3 is 5.97 Å². The van der Waals surface area contributed by atoms with E-state index in [1.165, 1.54) is 0 Å². The maximum Gasteiger partial charge on any atom is 0.317 e. The monoisotopic (exact) mass is 271 g/mol. The van der Waals surface area contributed by atoms with Crippen molar-refractivity contribution in [2.75, 3.05) is 46.3 Å². The van der Waals surface area contributed by atoms with Crippen molar-refractivity contribution in [2.45, 2.75) is 19.8 Å². The number of likely N-dealkylation sites (tertiary alicyclic amines) is 1. The summed E-state index contributed by atoms with van der Waals surface area (Å²) < 4.78 is 0. The zero-order valence-electron chi connectivity index (χ0n) is 11.9. The first-order valence-corrected chi connectivity index (χ1v) is 6.91. The van der Waals surface area contributed by atoms with Crippen LogP contribution in [0.4, 0.5) is 0 Å². The van der Waals surface area contributed by atoms with Gasteiger partial charge in [0.25, 0.3) is 0 Å². The maximum absolute atomic E-state index is 11.8. The summed E-state index contributed by atoms with van der Waals surface area (Å²) in [6.07, 6.45) is 2.17. The average Bonchev–Trinajstić information content (AvgIpc) is 2.37. The van der Waals surface area contributed by atoms with E-state index >= 15 is 0 Å². The summed E-state index contributed by atoms with van der Waals surface area (Å²) in [7, 11) is 1.82. The molecule has 0 aromatic carbocycles. The molecule has 0 aliphatic carbocycles. The number of carboxylic acid groups (broad SMARTS) is 1. The maximum atomic E-state index is 11.8. The summed E-state index contributed by atoms with van der Waals surface area (Å²) in [6, 6.07) is 0. The van der Waals surface area contributed by atoms with Crippen molar-refractivity contribution in [2.24, 2.45) is 5.92 Å². The molecule has 1 heterocycles. The molecule has 6 nitrogen and oxygen atoms in total. The van der Waals surface area contributed by atoms with Crippen LogP contribution in [-0.2, 0) is 9.59 Å². The van der Waals surface area contributed by atoms with Gasteiger partial charge in [-0.3, -0.25) is 14.5 Å². The third kappa shape index (κ3) is 6.02. The van der Waals surface area contributed by atoms with E-state index in [9.17, 15) is 9.59 Å². The van der Waals surface area contributed by atoms with Crippen molar-refractivity contribution in [3.8, 4) is 0 Å². The van der Waals surface area contributed by atoms with Crippen LogP contribution in [0.15, 0.2) is 0 Å². The number of rotatable bonds is 7. The molecular weight excluding hydrogens is 246 g/mol. The number of carbonyl (C=O) groups is 2. The van der Waals surface area contributed by atoms with Gasteiger partial charge in [-0.2, -0.15) is 0 Å². The number of aliphatic carboxylic acids is 1. The van der Waals surface area contributed by atoms with Gasteiger partial charge in [-0.25, -0.2) is 0 Å². The van der Waals surface area contributed by atoms with Crippen molar-refractivity contribution >= 4 is 11.9 Å². The molecule has 1 saturated heterocycles. The summed E-state index contributed by atoms with van der Waals surface area (Å²) in [5.41, 5.74) is 0. The number of nitrogens with zero attached hydrogens (tertiary/aromatic N) is 2. The first-order valence-electron chi connectivity index (χ1n) is 6.91. The van der Waals surface area contributed by atoms with Crippen molar-refractivity contribution in [3.63, 3.8) is 0 Å². The molecule has 0 aromatic rings. The number of hydrogen-bond acceptors (Lipinski definition) is 4. The van der Waals surface area contributed by atoms with Crippen molar-refractivity contribution < 1.29 is 14.7 Å². The Bertz CT molecular complexity index is 310. The molecule has 0 saturated carbocycles. The van der Waals surface area contributed by atoms with E-state index in [2.05, 4.69) is 10.2 Å². The molecule has 6 heteroatoms. The lowest BCUT2D eigenvalue weighted by Crippen LogP contribution is -2.45. The lowest BCUT2D eigenvalue weighted by Gasteiger charge is -2.33. The molecule has 1 unspecified atom stereocenters. The Morgan fingerprint density at radius 2 is 2.21 bits per heavy atom. The fourth-order valence-electron chi connectivity index (χ4n) is 2.33. The molecule has 1 aliphatic heterocycles. The number of carbonyl (C=O) groups excluding carboxylic acids is 1. The highest BCUT2D eigenvalue weighted by molar-refractivity contribution is 5.77. The number of hydrogen-bond donors (Lipinski definition) is 2. The van der Waals surface area contributed by atoms with Crippen LogP contribution in [0, 0.1) is 5.92 Å². The van der Waals surface area contributed by atoms with E-state index < -0.39 is 5.97 Å². The van der Waals surface area contributed by atoms with Crippen LogP contribution >= 0.6 is 0 Å². The normalized spacial score (nSPS) is 20.2. The highest BCUT2D eigenvalue weighted by atomic mass is 16.4. The molecule has 19 heavy (non-hydrogen) atoms. The van der Waals surface area contributed by atoms with E-state index in [0.717, 1.165) is 32.5 Å². The summed E-state index contributed by atoms with van der Waals surface area (Å²) in [5, 5.41) is 11.5. The molecule has 1 fully saturated rings. The second-order valence-corrected chi connectivity index (χ2v) is 5.18. The van der Waals surface area contributed by atoms with Crippen LogP contribution in [-0.4, -0.2) is 73.1 Å². The second kappa shape index (κ2) is 8.12. The standard InChI is InChI=1S/C13H25N3O3/c1-3-15(2)12(17)10-16-6-4-5-11(9-16)7-14-8-13(18)19/h11,14H,3-10H2,1-2H3,(H,18,19). The van der Waals surface area contributed by atoms with Gasteiger partial charge in [0.1, 0.15) is 0 Å². The minimum atomic E-state index is -0.826. The Labute approximate surface area is 114 Å². The summed E-state index contributed by atoms with van der Waals surface area (Å²) in [6.45, 7) is 5.71. The van der Waals surface area contributed by atoms with E-state index in [-0.39, 0.29) is 12.5 Å². The van der Waals surface area contributed by atoms with E-state index in [4.69, 9.17) is 5.11 Å². The number of nitrogens with one attached hydrogen (secondary N) is 1. The smallest absolute Gasteiger partial charge is 0.317 e. The third-order valence-corrected chi connectivity index (χ3v) is 3.57. The molecule has 0 aromatic heterocycles. The molecule has 0 radical (unpaired) electrons. The number of likely N-dealkylation sites (N-methyl/N-ethyl adjacent to an activating group) is 1. The highest BCUT2D eigenvalue weighted by Crippen LogP contribution is 2.15. The molecule has 1 rings (SSSR count). The molecule has 0 spiro atoms. The molecule has 2 N–H and O–H groups in total. The van der Waals surface area contributed by atoms with Gasteiger partial charge in [0.05, 0.1) is 13.1 Å². The molecule has 0 bridgehead atoms. The van der Waals surface area contributed by atoms with Gasteiger partial charge in [-0.1, -0.05) is 0 Å². The van der Waals surface area contributed by atoms with Crippen molar-refractivity contribution in [3.05, 3.63) is 0 Å². The van der Waals surface area contributed by atoms with Crippen molar-refractivity contribution in [1.82, 2.24) is 15.1 Å². The van der Waals surface area contributed by atoms with Gasteiger partial charge in [0, 0.05) is 20.1 Å². The van der Waals surface area contributed by atoms with Gasteiger partial charge in [0.15, 0.2) is 0 Å². The largest absolute Gasteiger partial charge is 0.480 e. The quantitative estimate of drug-likeness (QED) is 0.674. The van der Waals surface area contributed by atoms with E-state index in [1.807, 2.05) is 14.0 Å². The fourth-order valence-corrected chi connectivity index (χ4v) is 2.33. The first-order chi connectivity index (χ1) is 9.02. The molecular formula is C13H25N3O3. The summed E-state index contributed by atoms with van der Waals surface area (Å²) in [4.78, 5) is 26.2. The Kier molecular flexibility index (Phi) is 6.80. The Balaban J connectivity index is 2.29. The zero-order chi connectivity index (χ0) is 14.3. The van der Waals surface area contributed by atoms with Crippen LogP contribution in [0.2, 0.25) is 0 Å². The van der Waals surface area contributed by atoms with E-state index in [0.29, 0.717) is 19.0 Å². The summed E-state index contributed by atoms with van der Waals surface area (Å²) >= 11 is 0.